The van der Waals surface area contributed by atoms with Crippen molar-refractivity contribution in [2.75, 3.05) is 14.1 Å². The van der Waals surface area contributed by atoms with Crippen LogP contribution in [-0.2, 0) is 6.54 Å². The molecule has 0 aliphatic heterocycles. The molecule has 4 rings (SSSR count). The maximum absolute atomic E-state index is 12.5. The minimum absolute atomic E-state index is 0.305. The van der Waals surface area contributed by atoms with Crippen molar-refractivity contribution in [2.24, 2.45) is 0 Å². The van der Waals surface area contributed by atoms with E-state index in [1.165, 1.54) is 0 Å². The maximum atomic E-state index is 12.5. The quantitative estimate of drug-likeness (QED) is 0.471. The maximum Gasteiger partial charge on any atom is 0.339 e. The molecular formula is C23H23NO3. The molecule has 0 N–H and O–H groups in total. The summed E-state index contributed by atoms with van der Waals surface area (Å²) in [5.74, 6) is 0.939. The van der Waals surface area contributed by atoms with Gasteiger partial charge in [0, 0.05) is 27.5 Å². The van der Waals surface area contributed by atoms with E-state index in [-0.39, 0.29) is 5.63 Å². The molecule has 0 saturated heterocycles. The van der Waals surface area contributed by atoms with Crippen LogP contribution >= 0.6 is 0 Å². The molecule has 0 bridgehead atoms. The smallest absolute Gasteiger partial charge is 0.339 e. The number of fused-ring (bicyclic) bond motifs is 2. The lowest BCUT2D eigenvalue weighted by Gasteiger charge is -2.11. The van der Waals surface area contributed by atoms with Gasteiger partial charge in [-0.15, -0.1) is 0 Å². The summed E-state index contributed by atoms with van der Waals surface area (Å²) in [4.78, 5) is 14.6. The first-order chi connectivity index (χ1) is 12.9. The van der Waals surface area contributed by atoms with Crippen LogP contribution < -0.4 is 5.63 Å². The summed E-state index contributed by atoms with van der Waals surface area (Å²) in [6, 6.07) is 12.1. The number of furan rings is 1. The molecule has 4 heteroatoms. The first-order valence-corrected chi connectivity index (χ1v) is 9.07. The van der Waals surface area contributed by atoms with Crippen LogP contribution in [0.5, 0.6) is 0 Å². The average Bonchev–Trinajstić information content (AvgIpc) is 2.94. The molecule has 4 aromatic rings. The summed E-state index contributed by atoms with van der Waals surface area (Å²) >= 11 is 0. The van der Waals surface area contributed by atoms with Gasteiger partial charge in [-0.2, -0.15) is 0 Å². The number of benzene rings is 2. The molecule has 2 aromatic heterocycles. The van der Waals surface area contributed by atoms with Gasteiger partial charge < -0.3 is 13.7 Å². The van der Waals surface area contributed by atoms with Crippen LogP contribution in [0.4, 0.5) is 0 Å². The van der Waals surface area contributed by atoms with Crippen LogP contribution in [0.2, 0.25) is 0 Å². The molecule has 0 saturated carbocycles. The van der Waals surface area contributed by atoms with E-state index in [0.29, 0.717) is 11.1 Å². The number of rotatable bonds is 3. The highest BCUT2D eigenvalue weighted by Gasteiger charge is 2.20. The first-order valence-electron chi connectivity index (χ1n) is 9.07. The molecule has 0 aliphatic carbocycles. The fourth-order valence-corrected chi connectivity index (χ4v) is 3.75. The predicted molar refractivity (Wildman–Crippen MR) is 109 cm³/mol. The van der Waals surface area contributed by atoms with Gasteiger partial charge in [-0.1, -0.05) is 30.3 Å². The molecule has 0 radical (unpaired) electrons. The van der Waals surface area contributed by atoms with Crippen LogP contribution in [0, 0.1) is 20.8 Å². The zero-order chi connectivity index (χ0) is 19.3. The molecule has 2 aromatic carbocycles. The SMILES string of the molecule is Cc1c(-c2ccccc2)c2cc3c(C)c(CN(C)C)oc3c(C)c2oc1=O. The lowest BCUT2D eigenvalue weighted by Crippen LogP contribution is -2.10. The molecular weight excluding hydrogens is 338 g/mol. The van der Waals surface area contributed by atoms with Crippen molar-refractivity contribution < 1.29 is 8.83 Å². The Labute approximate surface area is 158 Å². The van der Waals surface area contributed by atoms with Crippen LogP contribution in [0.25, 0.3) is 33.1 Å². The highest BCUT2D eigenvalue weighted by Crippen LogP contribution is 2.38. The van der Waals surface area contributed by atoms with E-state index in [1.54, 1.807) is 0 Å². The molecule has 0 spiro atoms. The van der Waals surface area contributed by atoms with Crippen molar-refractivity contribution in [3.05, 3.63) is 69.3 Å². The van der Waals surface area contributed by atoms with E-state index in [0.717, 1.165) is 50.9 Å². The van der Waals surface area contributed by atoms with E-state index in [4.69, 9.17) is 8.83 Å². The first kappa shape index (κ1) is 17.6. The number of hydrogen-bond acceptors (Lipinski definition) is 4. The summed E-state index contributed by atoms with van der Waals surface area (Å²) in [6.45, 7) is 6.60. The predicted octanol–water partition coefficient (Wildman–Crippen LogP) is 5.19. The largest absolute Gasteiger partial charge is 0.459 e. The lowest BCUT2D eigenvalue weighted by molar-refractivity contribution is 0.356. The Hall–Kier alpha value is -2.85. The van der Waals surface area contributed by atoms with Crippen molar-refractivity contribution >= 4 is 21.9 Å². The van der Waals surface area contributed by atoms with Crippen LogP contribution in [0.1, 0.15) is 22.5 Å². The van der Waals surface area contributed by atoms with Gasteiger partial charge in [-0.25, -0.2) is 4.79 Å². The molecule has 0 atom stereocenters. The Bertz CT molecular complexity index is 1210. The van der Waals surface area contributed by atoms with Crippen molar-refractivity contribution in [3.63, 3.8) is 0 Å². The Balaban J connectivity index is 2.14. The van der Waals surface area contributed by atoms with Crippen LogP contribution in [0.15, 0.2) is 50.0 Å². The van der Waals surface area contributed by atoms with E-state index in [9.17, 15) is 4.79 Å². The Morgan fingerprint density at radius 3 is 2.19 bits per heavy atom. The third-order valence-electron chi connectivity index (χ3n) is 5.17. The average molecular weight is 361 g/mol. The van der Waals surface area contributed by atoms with E-state index < -0.39 is 0 Å². The lowest BCUT2D eigenvalue weighted by atomic mass is 9.95. The van der Waals surface area contributed by atoms with Crippen LogP contribution in [-0.4, -0.2) is 19.0 Å². The van der Waals surface area contributed by atoms with Crippen molar-refractivity contribution in [3.8, 4) is 11.1 Å². The topological polar surface area (TPSA) is 46.6 Å². The Morgan fingerprint density at radius 1 is 0.852 bits per heavy atom. The molecule has 27 heavy (non-hydrogen) atoms. The summed E-state index contributed by atoms with van der Waals surface area (Å²) in [5, 5.41) is 2.02. The molecule has 0 amide bonds. The minimum atomic E-state index is -0.305. The zero-order valence-electron chi connectivity index (χ0n) is 16.3. The summed E-state index contributed by atoms with van der Waals surface area (Å²) in [6.07, 6.45) is 0. The summed E-state index contributed by atoms with van der Waals surface area (Å²) < 4.78 is 11.9. The fourth-order valence-electron chi connectivity index (χ4n) is 3.75. The third-order valence-corrected chi connectivity index (χ3v) is 5.17. The molecule has 2 heterocycles. The van der Waals surface area contributed by atoms with E-state index in [1.807, 2.05) is 58.3 Å². The van der Waals surface area contributed by atoms with E-state index in [2.05, 4.69) is 17.9 Å². The number of hydrogen-bond donors (Lipinski definition) is 0. The van der Waals surface area contributed by atoms with Gasteiger partial charge in [0.1, 0.15) is 16.9 Å². The Kier molecular flexibility index (Phi) is 4.16. The van der Waals surface area contributed by atoms with Crippen molar-refractivity contribution in [1.29, 1.82) is 0 Å². The standard InChI is InChI=1S/C23H23NO3/c1-13-17-11-18-20(16-9-7-6-8-10-16)14(2)23(25)27-22(18)15(3)21(17)26-19(13)12-24(4)5/h6-11H,12H2,1-5H3. The fraction of sp³-hybridized carbons (Fsp3) is 0.261. The van der Waals surface area contributed by atoms with Crippen LogP contribution in [0.3, 0.4) is 0 Å². The normalized spacial score (nSPS) is 11.8. The van der Waals surface area contributed by atoms with Gasteiger partial charge in [0.05, 0.1) is 6.54 Å². The molecule has 4 nitrogen and oxygen atoms in total. The molecule has 0 unspecified atom stereocenters. The highest BCUT2D eigenvalue weighted by atomic mass is 16.4. The van der Waals surface area contributed by atoms with Gasteiger partial charge in [0.25, 0.3) is 0 Å². The van der Waals surface area contributed by atoms with Gasteiger partial charge in [-0.3, -0.25) is 0 Å². The minimum Gasteiger partial charge on any atom is -0.459 e. The van der Waals surface area contributed by atoms with Gasteiger partial charge in [0.2, 0.25) is 0 Å². The van der Waals surface area contributed by atoms with Gasteiger partial charge >= 0.3 is 5.63 Å². The Morgan fingerprint density at radius 2 is 1.52 bits per heavy atom. The van der Waals surface area contributed by atoms with Crippen molar-refractivity contribution in [1.82, 2.24) is 4.90 Å². The monoisotopic (exact) mass is 361 g/mol. The number of aryl methyl sites for hydroxylation is 2. The zero-order valence-corrected chi connectivity index (χ0v) is 16.3. The van der Waals surface area contributed by atoms with E-state index >= 15 is 0 Å². The number of nitrogens with zero attached hydrogens (tertiary/aromatic N) is 1. The second-order valence-electron chi connectivity index (χ2n) is 7.40. The second kappa shape index (κ2) is 6.39. The summed E-state index contributed by atoms with van der Waals surface area (Å²) in [5.41, 5.74) is 5.66. The molecule has 138 valence electrons. The third kappa shape index (κ3) is 2.77. The summed E-state index contributed by atoms with van der Waals surface area (Å²) in [7, 11) is 4.04. The molecule has 0 aliphatic rings. The highest BCUT2D eigenvalue weighted by molar-refractivity contribution is 6.05. The van der Waals surface area contributed by atoms with Gasteiger partial charge in [-0.05, 0) is 52.1 Å². The van der Waals surface area contributed by atoms with Gasteiger partial charge in [0.15, 0.2) is 0 Å². The van der Waals surface area contributed by atoms with Crippen molar-refractivity contribution in [2.45, 2.75) is 27.3 Å². The molecule has 0 fully saturated rings. The second-order valence-corrected chi connectivity index (χ2v) is 7.40.